The molecule has 0 saturated carbocycles. The Bertz CT molecular complexity index is 534. The van der Waals surface area contributed by atoms with Crippen molar-refractivity contribution in [2.24, 2.45) is 0 Å². The first-order chi connectivity index (χ1) is 10.6. The molecule has 1 N–H and O–H groups in total. The predicted octanol–water partition coefficient (Wildman–Crippen LogP) is 1.19. The van der Waals surface area contributed by atoms with Gasteiger partial charge in [-0.05, 0) is 18.9 Å². The highest BCUT2D eigenvalue weighted by Crippen LogP contribution is 2.23. The Hall–Kier alpha value is -2.15. The number of nitrogens with zero attached hydrogens (tertiary/aromatic N) is 2. The Morgan fingerprint density at radius 1 is 1.45 bits per heavy atom. The number of hydrogen-bond acceptors (Lipinski definition) is 5. The lowest BCUT2D eigenvalue weighted by atomic mass is 10.1. The van der Waals surface area contributed by atoms with Crippen LogP contribution >= 0.6 is 0 Å². The number of hydrogen-bond donors (Lipinski definition) is 1. The Balaban J connectivity index is 2.05. The average Bonchev–Trinajstić information content (AvgIpc) is 2.94. The van der Waals surface area contributed by atoms with Gasteiger partial charge in [-0.2, -0.15) is 0 Å². The molecule has 2 heterocycles. The fraction of sp³-hybridized carbons (Fsp3) is 0.533. The van der Waals surface area contributed by atoms with Crippen molar-refractivity contribution in [1.29, 1.82) is 0 Å². The van der Waals surface area contributed by atoms with Crippen molar-refractivity contribution in [3.63, 3.8) is 0 Å². The van der Waals surface area contributed by atoms with Gasteiger partial charge in [-0.3, -0.25) is 9.59 Å². The van der Waals surface area contributed by atoms with Crippen molar-refractivity contribution in [1.82, 2.24) is 9.88 Å². The van der Waals surface area contributed by atoms with Crippen molar-refractivity contribution in [3.8, 4) is 5.88 Å². The molecule has 0 bridgehead atoms. The number of carboxylic acid groups (broad SMARTS) is 1. The summed E-state index contributed by atoms with van der Waals surface area (Å²) in [6.07, 6.45) is 3.04. The van der Waals surface area contributed by atoms with E-state index in [9.17, 15) is 9.59 Å². The highest BCUT2D eigenvalue weighted by molar-refractivity contribution is 5.95. The molecule has 1 aromatic heterocycles. The van der Waals surface area contributed by atoms with Crippen molar-refractivity contribution in [2.45, 2.75) is 25.3 Å². The molecular formula is C15H20N2O5. The summed E-state index contributed by atoms with van der Waals surface area (Å²) < 4.78 is 10.3. The smallest absolute Gasteiger partial charge is 0.305 e. The molecule has 1 amide bonds. The third-order valence-electron chi connectivity index (χ3n) is 3.57. The highest BCUT2D eigenvalue weighted by Gasteiger charge is 2.31. The lowest BCUT2D eigenvalue weighted by molar-refractivity contribution is -0.137. The van der Waals surface area contributed by atoms with Gasteiger partial charge in [0.15, 0.2) is 0 Å². The number of aliphatic carboxylic acids is 1. The van der Waals surface area contributed by atoms with Crippen LogP contribution in [0.2, 0.25) is 0 Å². The molecule has 1 aliphatic heterocycles. The zero-order valence-corrected chi connectivity index (χ0v) is 12.5. The molecule has 0 aliphatic carbocycles. The first kappa shape index (κ1) is 16.2. The molecule has 120 valence electrons. The largest absolute Gasteiger partial charge is 0.481 e. The summed E-state index contributed by atoms with van der Waals surface area (Å²) in [6.45, 7) is 1.37. The Labute approximate surface area is 128 Å². The quantitative estimate of drug-likeness (QED) is 0.761. The van der Waals surface area contributed by atoms with Crippen LogP contribution < -0.4 is 4.74 Å². The number of rotatable bonds is 7. The van der Waals surface area contributed by atoms with Gasteiger partial charge in [0.25, 0.3) is 5.91 Å². The number of likely N-dealkylation sites (tertiary alicyclic amines) is 1. The molecule has 0 radical (unpaired) electrons. The van der Waals surface area contributed by atoms with Crippen molar-refractivity contribution in [2.75, 3.05) is 26.9 Å². The van der Waals surface area contributed by atoms with E-state index in [0.29, 0.717) is 31.2 Å². The van der Waals surface area contributed by atoms with Crippen molar-refractivity contribution in [3.05, 3.63) is 23.9 Å². The molecule has 7 heteroatoms. The van der Waals surface area contributed by atoms with Gasteiger partial charge in [-0.25, -0.2) is 4.98 Å². The van der Waals surface area contributed by atoms with Crippen LogP contribution in [0.25, 0.3) is 0 Å². The van der Waals surface area contributed by atoms with Gasteiger partial charge in [0, 0.05) is 37.5 Å². The lowest BCUT2D eigenvalue weighted by Crippen LogP contribution is -2.36. The van der Waals surface area contributed by atoms with Gasteiger partial charge in [-0.15, -0.1) is 0 Å². The summed E-state index contributed by atoms with van der Waals surface area (Å²) in [5, 5.41) is 8.93. The maximum atomic E-state index is 12.5. The fourth-order valence-electron chi connectivity index (χ4n) is 2.53. The van der Waals surface area contributed by atoms with E-state index in [-0.39, 0.29) is 18.4 Å². The summed E-state index contributed by atoms with van der Waals surface area (Å²) in [5.74, 6) is -0.706. The summed E-state index contributed by atoms with van der Waals surface area (Å²) in [6, 6.07) is 2.95. The lowest BCUT2D eigenvalue weighted by Gasteiger charge is -2.23. The van der Waals surface area contributed by atoms with Gasteiger partial charge in [0.1, 0.15) is 6.61 Å². The fourth-order valence-corrected chi connectivity index (χ4v) is 2.53. The first-order valence-corrected chi connectivity index (χ1v) is 7.22. The molecule has 1 atom stereocenters. The topological polar surface area (TPSA) is 89.0 Å². The molecule has 22 heavy (non-hydrogen) atoms. The summed E-state index contributed by atoms with van der Waals surface area (Å²) in [7, 11) is 1.58. The van der Waals surface area contributed by atoms with Crippen LogP contribution in [0.4, 0.5) is 0 Å². The van der Waals surface area contributed by atoms with E-state index in [2.05, 4.69) is 4.98 Å². The number of aromatic nitrogens is 1. The third kappa shape index (κ3) is 4.17. The van der Waals surface area contributed by atoms with E-state index in [1.54, 1.807) is 24.1 Å². The average molecular weight is 308 g/mol. The number of carbonyl (C=O) groups is 2. The molecule has 1 saturated heterocycles. The second-order valence-corrected chi connectivity index (χ2v) is 5.12. The Morgan fingerprint density at radius 3 is 3.00 bits per heavy atom. The number of carboxylic acids is 1. The van der Waals surface area contributed by atoms with Crippen LogP contribution in [0.3, 0.4) is 0 Å². The molecule has 1 fully saturated rings. The van der Waals surface area contributed by atoms with Crippen LogP contribution in [0.1, 0.15) is 29.6 Å². The predicted molar refractivity (Wildman–Crippen MR) is 77.9 cm³/mol. The first-order valence-electron chi connectivity index (χ1n) is 7.22. The van der Waals surface area contributed by atoms with Crippen LogP contribution in [-0.2, 0) is 9.53 Å². The zero-order chi connectivity index (χ0) is 15.9. The molecule has 0 aromatic carbocycles. The summed E-state index contributed by atoms with van der Waals surface area (Å²) >= 11 is 0. The molecule has 1 aliphatic rings. The molecule has 1 unspecified atom stereocenters. The van der Waals surface area contributed by atoms with Gasteiger partial charge >= 0.3 is 5.97 Å². The summed E-state index contributed by atoms with van der Waals surface area (Å²) in [5.41, 5.74) is 0.458. The number of pyridine rings is 1. The van der Waals surface area contributed by atoms with Gasteiger partial charge in [0.05, 0.1) is 13.0 Å². The summed E-state index contributed by atoms with van der Waals surface area (Å²) in [4.78, 5) is 29.1. The molecule has 2 rings (SSSR count). The maximum Gasteiger partial charge on any atom is 0.305 e. The normalized spacial score (nSPS) is 17.5. The van der Waals surface area contributed by atoms with E-state index in [1.807, 2.05) is 0 Å². The van der Waals surface area contributed by atoms with Crippen LogP contribution in [0.15, 0.2) is 18.3 Å². The number of carbonyl (C=O) groups excluding carboxylic acids is 1. The zero-order valence-electron chi connectivity index (χ0n) is 12.5. The van der Waals surface area contributed by atoms with Crippen LogP contribution in [0, 0.1) is 0 Å². The SMILES string of the molecule is COCCOc1cc(C(=O)N2CCCC2CC(=O)O)ccn1. The van der Waals surface area contributed by atoms with E-state index in [0.717, 1.165) is 12.8 Å². The van der Waals surface area contributed by atoms with Crippen LogP contribution in [-0.4, -0.2) is 59.8 Å². The second kappa shape index (κ2) is 7.74. The second-order valence-electron chi connectivity index (χ2n) is 5.12. The molecule has 7 nitrogen and oxygen atoms in total. The number of methoxy groups -OCH3 is 1. The standard InChI is InChI=1S/C15H20N2O5/c1-21-7-8-22-13-9-11(4-5-16-13)15(20)17-6-2-3-12(17)10-14(18)19/h4-5,9,12H,2-3,6-8,10H2,1H3,(H,18,19). The highest BCUT2D eigenvalue weighted by atomic mass is 16.5. The molecule has 0 spiro atoms. The van der Waals surface area contributed by atoms with E-state index >= 15 is 0 Å². The Kier molecular flexibility index (Phi) is 5.71. The number of amides is 1. The molecule has 1 aromatic rings. The van der Waals surface area contributed by atoms with Gasteiger partial charge < -0.3 is 19.5 Å². The minimum atomic E-state index is -0.886. The number of ether oxygens (including phenoxy) is 2. The van der Waals surface area contributed by atoms with E-state index in [4.69, 9.17) is 14.6 Å². The van der Waals surface area contributed by atoms with Gasteiger partial charge in [0.2, 0.25) is 5.88 Å². The Morgan fingerprint density at radius 2 is 2.27 bits per heavy atom. The van der Waals surface area contributed by atoms with Crippen LogP contribution in [0.5, 0.6) is 5.88 Å². The van der Waals surface area contributed by atoms with Gasteiger partial charge in [-0.1, -0.05) is 0 Å². The monoisotopic (exact) mass is 308 g/mol. The third-order valence-corrected chi connectivity index (χ3v) is 3.57. The molecular weight excluding hydrogens is 288 g/mol. The van der Waals surface area contributed by atoms with E-state index in [1.165, 1.54) is 6.20 Å². The van der Waals surface area contributed by atoms with E-state index < -0.39 is 5.97 Å². The minimum absolute atomic E-state index is 0.0198. The van der Waals surface area contributed by atoms with Crippen molar-refractivity contribution < 1.29 is 24.2 Å². The maximum absolute atomic E-state index is 12.5. The minimum Gasteiger partial charge on any atom is -0.481 e. The van der Waals surface area contributed by atoms with Crippen molar-refractivity contribution >= 4 is 11.9 Å².